The van der Waals surface area contributed by atoms with Gasteiger partial charge in [-0.05, 0) is 55.2 Å². The Labute approximate surface area is 245 Å². The predicted molar refractivity (Wildman–Crippen MR) is 167 cm³/mol. The summed E-state index contributed by atoms with van der Waals surface area (Å²) in [7, 11) is 1.88. The molecular weight excluding hydrogens is 522 g/mol. The van der Waals surface area contributed by atoms with E-state index in [4.69, 9.17) is 9.84 Å². The van der Waals surface area contributed by atoms with E-state index in [-0.39, 0.29) is 0 Å². The number of anilines is 1. The van der Waals surface area contributed by atoms with Crippen molar-refractivity contribution in [2.45, 2.75) is 31.9 Å². The Morgan fingerprint density at radius 2 is 1.31 bits per heavy atom. The molecule has 1 N–H and O–H groups in total. The molecule has 0 amide bonds. The van der Waals surface area contributed by atoms with Gasteiger partial charge in [0, 0.05) is 24.2 Å². The molecule has 0 fully saturated rings. The van der Waals surface area contributed by atoms with Gasteiger partial charge >= 0.3 is 6.09 Å². The first-order valence-corrected chi connectivity index (χ1v) is 14.0. The van der Waals surface area contributed by atoms with E-state index < -0.39 is 17.2 Å². The van der Waals surface area contributed by atoms with Gasteiger partial charge in [-0.25, -0.2) is 9.48 Å². The summed E-state index contributed by atoms with van der Waals surface area (Å²) in [5.41, 5.74) is 4.60. The fraction of sp³-hybridized carbons (Fsp3) is 0.171. The minimum absolute atomic E-state index is 0.517. The molecule has 6 rings (SSSR count). The fourth-order valence-electron chi connectivity index (χ4n) is 5.52. The number of benzene rings is 4. The molecule has 0 aliphatic rings. The van der Waals surface area contributed by atoms with E-state index in [1.807, 2.05) is 52.1 Å². The number of carbonyl (C=O) groups is 1. The number of hydrogen-bond donors (Lipinski definition) is 1. The van der Waals surface area contributed by atoms with Gasteiger partial charge in [-0.1, -0.05) is 97.1 Å². The molecule has 210 valence electrons. The lowest BCUT2D eigenvalue weighted by Crippen LogP contribution is -2.38. The lowest BCUT2D eigenvalue weighted by Gasteiger charge is -2.37. The third-order valence-corrected chi connectivity index (χ3v) is 7.31. The van der Waals surface area contributed by atoms with Crippen LogP contribution in [0.25, 0.3) is 22.0 Å². The zero-order chi connectivity index (χ0) is 29.3. The summed E-state index contributed by atoms with van der Waals surface area (Å²) in [4.78, 5) is 12.6. The minimum atomic E-state index is -0.750. The maximum Gasteiger partial charge on any atom is 0.435 e. The molecule has 0 aliphatic heterocycles. The molecule has 2 heterocycles. The van der Waals surface area contributed by atoms with E-state index in [1.165, 1.54) is 4.68 Å². The number of aromatic nitrogens is 4. The van der Waals surface area contributed by atoms with Crippen molar-refractivity contribution in [2.24, 2.45) is 0 Å². The number of fused-ring (bicyclic) bond motifs is 1. The summed E-state index contributed by atoms with van der Waals surface area (Å²) in [5, 5.41) is 13.8. The second-order valence-electron chi connectivity index (χ2n) is 11.2. The smallest absolute Gasteiger partial charge is 0.435 e. The molecule has 0 atom stereocenters. The third kappa shape index (κ3) is 4.73. The van der Waals surface area contributed by atoms with E-state index in [2.05, 4.69) is 100 Å². The van der Waals surface area contributed by atoms with Crippen molar-refractivity contribution in [3.63, 3.8) is 0 Å². The summed E-state index contributed by atoms with van der Waals surface area (Å²) >= 11 is 0. The summed E-state index contributed by atoms with van der Waals surface area (Å²) in [6.07, 6.45) is 2.86. The number of rotatable bonds is 6. The molecule has 0 saturated heterocycles. The van der Waals surface area contributed by atoms with Gasteiger partial charge in [-0.3, -0.25) is 0 Å². The van der Waals surface area contributed by atoms with Crippen molar-refractivity contribution in [3.8, 4) is 11.1 Å². The van der Waals surface area contributed by atoms with Gasteiger partial charge in [0.15, 0.2) is 5.82 Å². The first-order chi connectivity index (χ1) is 20.3. The average Bonchev–Trinajstić information content (AvgIpc) is 3.64. The minimum Gasteiger partial charge on any atom is -0.442 e. The van der Waals surface area contributed by atoms with Crippen LogP contribution < -0.4 is 5.32 Å². The van der Waals surface area contributed by atoms with Gasteiger partial charge in [-0.2, -0.15) is 14.9 Å². The predicted octanol–water partition coefficient (Wildman–Crippen LogP) is 7.56. The SMILES string of the molecule is CNc1nn(C(c2ccccc2)(c2ccccc2)c2ccccc2)c2ccc(-c3cnn(C(=O)OC(C)(C)C)c3)cc12. The lowest BCUT2D eigenvalue weighted by molar-refractivity contribution is 0.0514. The summed E-state index contributed by atoms with van der Waals surface area (Å²) < 4.78 is 8.85. The zero-order valence-electron chi connectivity index (χ0n) is 24.2. The second kappa shape index (κ2) is 10.7. The molecule has 42 heavy (non-hydrogen) atoms. The Balaban J connectivity index is 1.57. The van der Waals surface area contributed by atoms with Crippen molar-refractivity contribution < 1.29 is 9.53 Å². The van der Waals surface area contributed by atoms with Gasteiger partial charge in [0.2, 0.25) is 0 Å². The van der Waals surface area contributed by atoms with E-state index in [1.54, 1.807) is 12.4 Å². The maximum atomic E-state index is 12.6. The molecule has 0 saturated carbocycles. The number of carbonyl (C=O) groups excluding carboxylic acids is 1. The van der Waals surface area contributed by atoms with Crippen molar-refractivity contribution in [2.75, 3.05) is 12.4 Å². The molecule has 0 unspecified atom stereocenters. The third-order valence-electron chi connectivity index (χ3n) is 7.31. The molecule has 0 aliphatic carbocycles. The van der Waals surface area contributed by atoms with Crippen LogP contribution in [-0.4, -0.2) is 38.3 Å². The first-order valence-electron chi connectivity index (χ1n) is 14.0. The first kappa shape index (κ1) is 27.0. The van der Waals surface area contributed by atoms with E-state index in [0.29, 0.717) is 0 Å². The van der Waals surface area contributed by atoms with Crippen LogP contribution in [0.2, 0.25) is 0 Å². The number of ether oxygens (including phenoxy) is 1. The van der Waals surface area contributed by atoms with Crippen LogP contribution in [0.4, 0.5) is 10.6 Å². The van der Waals surface area contributed by atoms with Crippen LogP contribution in [-0.2, 0) is 10.3 Å². The number of nitrogens with zero attached hydrogens (tertiary/aromatic N) is 4. The van der Waals surface area contributed by atoms with Crippen LogP contribution in [0.15, 0.2) is 122 Å². The van der Waals surface area contributed by atoms with Crippen LogP contribution in [0.1, 0.15) is 37.5 Å². The molecule has 6 aromatic rings. The highest BCUT2D eigenvalue weighted by molar-refractivity contribution is 5.94. The van der Waals surface area contributed by atoms with Crippen molar-refractivity contribution in [3.05, 3.63) is 138 Å². The van der Waals surface area contributed by atoms with E-state index >= 15 is 0 Å². The molecule has 7 nitrogen and oxygen atoms in total. The number of nitrogens with one attached hydrogen (secondary N) is 1. The van der Waals surface area contributed by atoms with E-state index in [9.17, 15) is 4.79 Å². The van der Waals surface area contributed by atoms with Crippen LogP contribution in [0.5, 0.6) is 0 Å². The van der Waals surface area contributed by atoms with Crippen LogP contribution in [0, 0.1) is 0 Å². The van der Waals surface area contributed by atoms with Crippen molar-refractivity contribution in [1.82, 2.24) is 19.6 Å². The Bertz CT molecular complexity index is 1740. The monoisotopic (exact) mass is 555 g/mol. The largest absolute Gasteiger partial charge is 0.442 e. The highest BCUT2D eigenvalue weighted by Crippen LogP contribution is 2.43. The molecule has 0 radical (unpaired) electrons. The highest BCUT2D eigenvalue weighted by Gasteiger charge is 2.40. The zero-order valence-corrected chi connectivity index (χ0v) is 24.2. The molecule has 0 spiro atoms. The van der Waals surface area contributed by atoms with E-state index in [0.717, 1.165) is 44.5 Å². The number of hydrogen-bond acceptors (Lipinski definition) is 5. The Hall–Kier alpha value is -5.17. The van der Waals surface area contributed by atoms with Gasteiger partial charge < -0.3 is 10.1 Å². The van der Waals surface area contributed by atoms with Crippen LogP contribution >= 0.6 is 0 Å². The Morgan fingerprint density at radius 3 is 1.81 bits per heavy atom. The highest BCUT2D eigenvalue weighted by atomic mass is 16.6. The molecular formula is C35H33N5O2. The average molecular weight is 556 g/mol. The quantitative estimate of drug-likeness (QED) is 0.215. The second-order valence-corrected chi connectivity index (χ2v) is 11.2. The Morgan fingerprint density at radius 1 is 0.762 bits per heavy atom. The van der Waals surface area contributed by atoms with Gasteiger partial charge in [0.25, 0.3) is 0 Å². The summed E-state index contributed by atoms with van der Waals surface area (Å²) in [6, 6.07) is 37.7. The fourth-order valence-corrected chi connectivity index (χ4v) is 5.52. The standard InChI is InChI=1S/C35H33N5O2/c1-34(2,3)42-33(41)39-24-26(23-37-39)25-20-21-31-30(22-25)32(36-4)38-40(31)35(27-14-8-5-9-15-27,28-16-10-6-11-17-28)29-18-12-7-13-19-29/h5-24H,1-4H3,(H,36,38). The van der Waals surface area contributed by atoms with Gasteiger partial charge in [-0.15, -0.1) is 0 Å². The molecule has 4 aromatic carbocycles. The summed E-state index contributed by atoms with van der Waals surface area (Å²) in [5.74, 6) is 0.749. The van der Waals surface area contributed by atoms with Crippen LogP contribution in [0.3, 0.4) is 0 Å². The molecule has 0 bridgehead atoms. The van der Waals surface area contributed by atoms with Gasteiger partial charge in [0.05, 0.1) is 11.7 Å². The maximum absolute atomic E-state index is 12.6. The topological polar surface area (TPSA) is 74.0 Å². The Kier molecular flexibility index (Phi) is 6.86. The summed E-state index contributed by atoms with van der Waals surface area (Å²) in [6.45, 7) is 5.50. The normalized spacial score (nSPS) is 11.9. The molecule has 2 aromatic heterocycles. The molecule has 7 heteroatoms. The van der Waals surface area contributed by atoms with Crippen molar-refractivity contribution in [1.29, 1.82) is 0 Å². The van der Waals surface area contributed by atoms with Gasteiger partial charge in [0.1, 0.15) is 11.1 Å². The van der Waals surface area contributed by atoms with Crippen molar-refractivity contribution >= 4 is 22.8 Å². The lowest BCUT2D eigenvalue weighted by atomic mass is 9.77.